The highest BCUT2D eigenvalue weighted by atomic mass is 16.5. The Balaban J connectivity index is 1.40. The Morgan fingerprint density at radius 3 is 2.95 bits per heavy atom. The fraction of sp³-hybridized carbons (Fsp3) is 0.467. The minimum absolute atomic E-state index is 0.345. The second-order valence-corrected chi connectivity index (χ2v) is 5.33. The lowest BCUT2D eigenvalue weighted by Gasteiger charge is -2.28. The topological polar surface area (TPSA) is 63.4 Å². The molecule has 2 heterocycles. The van der Waals surface area contributed by atoms with E-state index in [0.717, 1.165) is 31.0 Å². The quantitative estimate of drug-likeness (QED) is 0.846. The average Bonchev–Trinajstić information content (AvgIpc) is 2.96. The number of nitrogens with zero attached hydrogens (tertiary/aromatic N) is 4. The predicted molar refractivity (Wildman–Crippen MR) is 77.4 cm³/mol. The van der Waals surface area contributed by atoms with E-state index in [0.29, 0.717) is 19.8 Å². The number of hydrogen-bond acceptors (Lipinski definition) is 5. The molecule has 6 nitrogen and oxygen atoms in total. The maximum absolute atomic E-state index is 10.1. The summed E-state index contributed by atoms with van der Waals surface area (Å²) in [6.45, 7) is 3.99. The van der Waals surface area contributed by atoms with E-state index in [1.54, 1.807) is 6.33 Å². The molecule has 0 spiro atoms. The Bertz CT molecular complexity index is 558. The molecule has 3 rings (SSSR count). The van der Waals surface area contributed by atoms with Crippen LogP contribution in [0, 0.1) is 0 Å². The summed E-state index contributed by atoms with van der Waals surface area (Å²) < 4.78 is 7.62. The van der Waals surface area contributed by atoms with E-state index in [1.165, 1.54) is 0 Å². The maximum atomic E-state index is 10.1. The Labute approximate surface area is 124 Å². The lowest BCUT2D eigenvalue weighted by molar-refractivity contribution is 0.00541. The Morgan fingerprint density at radius 1 is 1.24 bits per heavy atom. The molecule has 6 heteroatoms. The van der Waals surface area contributed by atoms with Crippen LogP contribution in [0.2, 0.25) is 0 Å². The number of ether oxygens (including phenoxy) is 1. The second kappa shape index (κ2) is 6.80. The van der Waals surface area contributed by atoms with E-state index in [9.17, 15) is 5.11 Å². The number of rotatable bonds is 6. The van der Waals surface area contributed by atoms with Crippen LogP contribution in [0.4, 0.5) is 0 Å². The standard InChI is InChI=1S/C15H20N4O2/c20-14(11-21-10-13-4-2-1-3-5-13)8-18-6-7-19-12-16-17-15(19)9-18/h1-5,12,14,20H,6-11H2. The smallest absolute Gasteiger partial charge is 0.147 e. The van der Waals surface area contributed by atoms with Gasteiger partial charge >= 0.3 is 0 Å². The van der Waals surface area contributed by atoms with Gasteiger partial charge in [-0.1, -0.05) is 30.3 Å². The van der Waals surface area contributed by atoms with Crippen LogP contribution in [0.25, 0.3) is 0 Å². The number of aliphatic hydroxyl groups excluding tert-OH is 1. The molecule has 0 saturated carbocycles. The molecule has 0 aliphatic carbocycles. The van der Waals surface area contributed by atoms with Crippen molar-refractivity contribution in [2.24, 2.45) is 0 Å². The molecule has 1 unspecified atom stereocenters. The zero-order valence-corrected chi connectivity index (χ0v) is 11.9. The van der Waals surface area contributed by atoms with E-state index in [2.05, 4.69) is 19.7 Å². The first kappa shape index (κ1) is 14.2. The predicted octanol–water partition coefficient (Wildman–Crippen LogP) is 0.671. The van der Waals surface area contributed by atoms with Crippen molar-refractivity contribution in [2.75, 3.05) is 19.7 Å². The number of benzene rings is 1. The van der Waals surface area contributed by atoms with Gasteiger partial charge in [0.05, 0.1) is 25.9 Å². The van der Waals surface area contributed by atoms with Crippen molar-refractivity contribution in [1.29, 1.82) is 0 Å². The zero-order chi connectivity index (χ0) is 14.5. The third kappa shape index (κ3) is 3.87. The highest BCUT2D eigenvalue weighted by molar-refractivity contribution is 5.13. The zero-order valence-electron chi connectivity index (χ0n) is 11.9. The number of fused-ring (bicyclic) bond motifs is 1. The molecule has 1 N–H and O–H groups in total. The van der Waals surface area contributed by atoms with Gasteiger partial charge in [0, 0.05) is 19.6 Å². The van der Waals surface area contributed by atoms with Gasteiger partial charge in [0.25, 0.3) is 0 Å². The first-order valence-corrected chi connectivity index (χ1v) is 7.20. The van der Waals surface area contributed by atoms with Crippen molar-refractivity contribution in [1.82, 2.24) is 19.7 Å². The van der Waals surface area contributed by atoms with Crippen LogP contribution >= 0.6 is 0 Å². The molecule has 1 aromatic heterocycles. The van der Waals surface area contributed by atoms with E-state index >= 15 is 0 Å². The summed E-state index contributed by atoms with van der Waals surface area (Å²) in [6.07, 6.45) is 1.27. The van der Waals surface area contributed by atoms with Crippen molar-refractivity contribution in [3.63, 3.8) is 0 Å². The number of aliphatic hydroxyl groups is 1. The molecule has 21 heavy (non-hydrogen) atoms. The number of hydrogen-bond donors (Lipinski definition) is 1. The van der Waals surface area contributed by atoms with E-state index in [-0.39, 0.29) is 0 Å². The number of β-amino-alcohol motifs (C(OH)–C–C–N with tert-alkyl or cyclic N) is 1. The van der Waals surface area contributed by atoms with Gasteiger partial charge in [-0.3, -0.25) is 4.90 Å². The molecule has 1 aromatic carbocycles. The first-order valence-electron chi connectivity index (χ1n) is 7.20. The van der Waals surface area contributed by atoms with Crippen molar-refractivity contribution >= 4 is 0 Å². The largest absolute Gasteiger partial charge is 0.389 e. The van der Waals surface area contributed by atoms with Gasteiger partial charge in [-0.2, -0.15) is 0 Å². The normalized spacial score (nSPS) is 16.6. The van der Waals surface area contributed by atoms with Gasteiger partial charge in [-0.25, -0.2) is 0 Å². The molecule has 0 radical (unpaired) electrons. The summed E-state index contributed by atoms with van der Waals surface area (Å²) in [5, 5.41) is 18.0. The molecule has 1 aliphatic heterocycles. The molecular formula is C15H20N4O2. The maximum Gasteiger partial charge on any atom is 0.147 e. The highest BCUT2D eigenvalue weighted by Crippen LogP contribution is 2.09. The van der Waals surface area contributed by atoms with Gasteiger partial charge in [0.1, 0.15) is 12.2 Å². The van der Waals surface area contributed by atoms with Crippen molar-refractivity contribution in [2.45, 2.75) is 25.8 Å². The van der Waals surface area contributed by atoms with E-state index in [4.69, 9.17) is 4.74 Å². The highest BCUT2D eigenvalue weighted by Gasteiger charge is 2.19. The molecule has 2 aromatic rings. The Hall–Kier alpha value is -1.76. The summed E-state index contributed by atoms with van der Waals surface area (Å²) in [4.78, 5) is 2.18. The monoisotopic (exact) mass is 288 g/mol. The summed E-state index contributed by atoms with van der Waals surface area (Å²) in [5.41, 5.74) is 1.12. The lowest BCUT2D eigenvalue weighted by Crippen LogP contribution is -2.40. The second-order valence-electron chi connectivity index (χ2n) is 5.33. The molecule has 0 amide bonds. The van der Waals surface area contributed by atoms with Crippen LogP contribution in [0.1, 0.15) is 11.4 Å². The Kier molecular flexibility index (Phi) is 4.59. The van der Waals surface area contributed by atoms with Crippen molar-refractivity contribution in [3.8, 4) is 0 Å². The van der Waals surface area contributed by atoms with Crippen LogP contribution in [0.3, 0.4) is 0 Å². The SMILES string of the molecule is OC(COCc1ccccc1)CN1CCn2cnnc2C1. The molecule has 0 saturated heterocycles. The average molecular weight is 288 g/mol. The van der Waals surface area contributed by atoms with Gasteiger partial charge in [0.15, 0.2) is 0 Å². The van der Waals surface area contributed by atoms with Crippen molar-refractivity contribution < 1.29 is 9.84 Å². The minimum Gasteiger partial charge on any atom is -0.389 e. The van der Waals surface area contributed by atoms with Crippen LogP contribution in [0.15, 0.2) is 36.7 Å². The minimum atomic E-state index is -0.483. The molecule has 0 fully saturated rings. The van der Waals surface area contributed by atoms with Crippen LogP contribution in [-0.4, -0.2) is 50.6 Å². The van der Waals surface area contributed by atoms with Crippen LogP contribution in [-0.2, 0) is 24.4 Å². The number of aromatic nitrogens is 3. The summed E-state index contributed by atoms with van der Waals surface area (Å²) in [7, 11) is 0. The van der Waals surface area contributed by atoms with E-state index in [1.807, 2.05) is 30.3 Å². The third-order valence-corrected chi connectivity index (χ3v) is 3.61. The summed E-state index contributed by atoms with van der Waals surface area (Å²) in [5.74, 6) is 0.957. The van der Waals surface area contributed by atoms with Gasteiger partial charge in [-0.05, 0) is 5.56 Å². The van der Waals surface area contributed by atoms with Gasteiger partial charge in [-0.15, -0.1) is 10.2 Å². The van der Waals surface area contributed by atoms with Crippen LogP contribution < -0.4 is 0 Å². The fourth-order valence-electron chi connectivity index (χ4n) is 2.51. The summed E-state index contributed by atoms with van der Waals surface area (Å²) >= 11 is 0. The molecule has 0 bridgehead atoms. The van der Waals surface area contributed by atoms with Gasteiger partial charge < -0.3 is 14.4 Å². The van der Waals surface area contributed by atoms with E-state index < -0.39 is 6.10 Å². The Morgan fingerprint density at radius 2 is 2.10 bits per heavy atom. The first-order chi connectivity index (χ1) is 10.3. The molecule has 1 aliphatic rings. The van der Waals surface area contributed by atoms with Crippen LogP contribution in [0.5, 0.6) is 0 Å². The third-order valence-electron chi connectivity index (χ3n) is 3.61. The molecule has 112 valence electrons. The van der Waals surface area contributed by atoms with Crippen molar-refractivity contribution in [3.05, 3.63) is 48.0 Å². The van der Waals surface area contributed by atoms with Gasteiger partial charge in [0.2, 0.25) is 0 Å². The lowest BCUT2D eigenvalue weighted by atomic mass is 10.2. The fourth-order valence-corrected chi connectivity index (χ4v) is 2.51. The molecular weight excluding hydrogens is 268 g/mol. The molecule has 1 atom stereocenters. The summed E-state index contributed by atoms with van der Waals surface area (Å²) in [6, 6.07) is 9.99.